The summed E-state index contributed by atoms with van der Waals surface area (Å²) in [5.41, 5.74) is 5.97. The van der Waals surface area contributed by atoms with E-state index in [4.69, 9.17) is 5.73 Å². The van der Waals surface area contributed by atoms with Crippen molar-refractivity contribution < 1.29 is 0 Å². The van der Waals surface area contributed by atoms with Crippen LogP contribution in [-0.4, -0.2) is 13.3 Å². The number of rotatable bonds is 0. The van der Waals surface area contributed by atoms with Crippen LogP contribution in [0.3, 0.4) is 0 Å². The van der Waals surface area contributed by atoms with E-state index >= 15 is 0 Å². The van der Waals surface area contributed by atoms with Crippen LogP contribution in [0.2, 0.25) is 0 Å². The van der Waals surface area contributed by atoms with Crippen LogP contribution in [0, 0.1) is 5.41 Å². The van der Waals surface area contributed by atoms with Crippen LogP contribution in [0.4, 0.5) is 0 Å². The summed E-state index contributed by atoms with van der Waals surface area (Å²) in [6, 6.07) is 0. The molecular formula is C6H16BN. The van der Waals surface area contributed by atoms with Crippen LogP contribution in [0.5, 0.6) is 0 Å². The zero-order chi connectivity index (χ0) is 7.00. The molecule has 1 atom stereocenters. The van der Waals surface area contributed by atoms with Crippen molar-refractivity contribution >= 4 is 7.85 Å². The zero-order valence-corrected chi connectivity index (χ0v) is 6.58. The summed E-state index contributed by atoms with van der Waals surface area (Å²) in [5.74, 6) is 0. The molecule has 0 saturated heterocycles. The maximum Gasteiger partial charge on any atom is 0.127 e. The Bertz CT molecular complexity index is 63.5. The van der Waals surface area contributed by atoms with E-state index in [0.29, 0.717) is 0 Å². The molecule has 8 heavy (non-hydrogen) atoms. The van der Waals surface area contributed by atoms with Gasteiger partial charge in [-0.2, -0.15) is 0 Å². The lowest BCUT2D eigenvalue weighted by Gasteiger charge is -2.34. The highest BCUT2D eigenvalue weighted by molar-refractivity contribution is 6.15. The molecule has 2 heteroatoms. The van der Waals surface area contributed by atoms with Crippen molar-refractivity contribution in [1.29, 1.82) is 0 Å². The SMILES string of the molecule is BC(C)(N)C(C)(C)C. The van der Waals surface area contributed by atoms with Gasteiger partial charge in [-0.3, -0.25) is 0 Å². The lowest BCUT2D eigenvalue weighted by atomic mass is 9.63. The Morgan fingerprint density at radius 1 is 1.12 bits per heavy atom. The summed E-state index contributed by atoms with van der Waals surface area (Å²) in [5, 5.41) is 0. The molecule has 48 valence electrons. The maximum atomic E-state index is 5.81. The van der Waals surface area contributed by atoms with Crippen LogP contribution in [0.15, 0.2) is 0 Å². The molecule has 0 rings (SSSR count). The average Bonchev–Trinajstić information content (AvgIpc) is 1.25. The Hall–Kier alpha value is 0.0249. The first kappa shape index (κ1) is 8.02. The largest absolute Gasteiger partial charge is 0.332 e. The lowest BCUT2D eigenvalue weighted by molar-refractivity contribution is 0.298. The fraction of sp³-hybridized carbons (Fsp3) is 1.00. The third-order valence-corrected chi connectivity index (χ3v) is 1.93. The van der Waals surface area contributed by atoms with Crippen molar-refractivity contribution in [3.8, 4) is 0 Å². The highest BCUT2D eigenvalue weighted by atomic mass is 14.7. The first-order chi connectivity index (χ1) is 3.25. The van der Waals surface area contributed by atoms with Crippen molar-refractivity contribution in [2.75, 3.05) is 0 Å². The maximum absolute atomic E-state index is 5.81. The summed E-state index contributed by atoms with van der Waals surface area (Å²) >= 11 is 0. The first-order valence-corrected chi connectivity index (χ1v) is 3.04. The summed E-state index contributed by atoms with van der Waals surface area (Å²) in [6.07, 6.45) is 0. The average molecular weight is 113 g/mol. The zero-order valence-electron chi connectivity index (χ0n) is 6.58. The molecule has 0 saturated carbocycles. The Morgan fingerprint density at radius 2 is 1.25 bits per heavy atom. The van der Waals surface area contributed by atoms with E-state index in [-0.39, 0.29) is 10.9 Å². The Balaban J connectivity index is 4.02. The topological polar surface area (TPSA) is 26.0 Å². The van der Waals surface area contributed by atoms with Gasteiger partial charge in [-0.25, -0.2) is 0 Å². The first-order valence-electron chi connectivity index (χ1n) is 3.04. The fourth-order valence-corrected chi connectivity index (χ4v) is 0. The Morgan fingerprint density at radius 3 is 1.25 bits per heavy atom. The van der Waals surface area contributed by atoms with E-state index in [9.17, 15) is 0 Å². The van der Waals surface area contributed by atoms with Crippen LogP contribution in [0.1, 0.15) is 27.7 Å². The van der Waals surface area contributed by atoms with Gasteiger partial charge in [0.25, 0.3) is 0 Å². The van der Waals surface area contributed by atoms with Crippen molar-refractivity contribution in [3.63, 3.8) is 0 Å². The Kier molecular flexibility index (Phi) is 1.77. The number of hydrogen-bond acceptors (Lipinski definition) is 1. The van der Waals surface area contributed by atoms with Crippen LogP contribution in [0.25, 0.3) is 0 Å². The van der Waals surface area contributed by atoms with Crippen molar-refractivity contribution in [2.45, 2.75) is 33.1 Å². The molecule has 0 amide bonds. The second kappa shape index (κ2) is 1.76. The van der Waals surface area contributed by atoms with Gasteiger partial charge in [0.1, 0.15) is 7.85 Å². The van der Waals surface area contributed by atoms with Crippen molar-refractivity contribution in [1.82, 2.24) is 0 Å². The highest BCUT2D eigenvalue weighted by Crippen LogP contribution is 2.23. The molecule has 0 aliphatic heterocycles. The van der Waals surface area contributed by atoms with Crippen LogP contribution < -0.4 is 5.73 Å². The smallest absolute Gasteiger partial charge is 0.127 e. The minimum absolute atomic E-state index is 0.0625. The number of nitrogens with two attached hydrogens (primary N) is 1. The summed E-state index contributed by atoms with van der Waals surface area (Å²) in [7, 11) is 2.05. The van der Waals surface area contributed by atoms with Gasteiger partial charge in [0.05, 0.1) is 0 Å². The van der Waals surface area contributed by atoms with Gasteiger partial charge >= 0.3 is 0 Å². The third kappa shape index (κ3) is 1.87. The second-order valence-electron chi connectivity index (χ2n) is 3.97. The molecule has 1 nitrogen and oxygen atoms in total. The van der Waals surface area contributed by atoms with E-state index in [1.54, 1.807) is 0 Å². The minimum Gasteiger partial charge on any atom is -0.332 e. The van der Waals surface area contributed by atoms with Gasteiger partial charge in [-0.1, -0.05) is 27.7 Å². The minimum atomic E-state index is -0.0625. The Labute approximate surface area is 53.1 Å². The molecule has 0 aromatic carbocycles. The molecule has 0 aliphatic carbocycles. The van der Waals surface area contributed by atoms with E-state index in [1.165, 1.54) is 0 Å². The van der Waals surface area contributed by atoms with Gasteiger partial charge < -0.3 is 5.73 Å². The highest BCUT2D eigenvalue weighted by Gasteiger charge is 2.27. The monoisotopic (exact) mass is 113 g/mol. The van der Waals surface area contributed by atoms with E-state index in [0.717, 1.165) is 0 Å². The molecule has 0 spiro atoms. The van der Waals surface area contributed by atoms with Gasteiger partial charge in [-0.15, -0.1) is 0 Å². The van der Waals surface area contributed by atoms with Gasteiger partial charge in [0.15, 0.2) is 0 Å². The predicted molar refractivity (Wildman–Crippen MR) is 40.6 cm³/mol. The van der Waals surface area contributed by atoms with E-state index in [1.807, 2.05) is 14.8 Å². The molecule has 2 N–H and O–H groups in total. The second-order valence-corrected chi connectivity index (χ2v) is 3.97. The quantitative estimate of drug-likeness (QED) is 0.450. The van der Waals surface area contributed by atoms with Gasteiger partial charge in [-0.05, 0) is 10.9 Å². The summed E-state index contributed by atoms with van der Waals surface area (Å²) in [4.78, 5) is 0. The van der Waals surface area contributed by atoms with Crippen LogP contribution in [-0.2, 0) is 0 Å². The van der Waals surface area contributed by atoms with E-state index < -0.39 is 0 Å². The van der Waals surface area contributed by atoms with Gasteiger partial charge in [0, 0.05) is 0 Å². The molecule has 0 aliphatic rings. The normalized spacial score (nSPS) is 20.1. The summed E-state index contributed by atoms with van der Waals surface area (Å²) in [6.45, 7) is 8.49. The standard InChI is InChI=1S/C6H16BN/c1-5(2,3)6(4,7)8/h7-8H2,1-4H3. The number of hydrogen-bond donors (Lipinski definition) is 1. The fourth-order valence-electron chi connectivity index (χ4n) is 0. The molecule has 0 bridgehead atoms. The summed E-state index contributed by atoms with van der Waals surface area (Å²) < 4.78 is 0. The molecule has 0 heterocycles. The molecular weight excluding hydrogens is 96.9 g/mol. The molecule has 0 fully saturated rings. The van der Waals surface area contributed by atoms with Gasteiger partial charge in [0.2, 0.25) is 0 Å². The predicted octanol–water partition coefficient (Wildman–Crippen LogP) is 0.340. The molecule has 0 aromatic rings. The molecule has 0 radical (unpaired) electrons. The molecule has 0 aromatic heterocycles. The third-order valence-electron chi connectivity index (χ3n) is 1.93. The lowest BCUT2D eigenvalue weighted by Crippen LogP contribution is -2.48. The van der Waals surface area contributed by atoms with Crippen LogP contribution >= 0.6 is 0 Å². The van der Waals surface area contributed by atoms with E-state index in [2.05, 4.69) is 20.8 Å². The van der Waals surface area contributed by atoms with Crippen molar-refractivity contribution in [3.05, 3.63) is 0 Å². The molecule has 1 unspecified atom stereocenters. The van der Waals surface area contributed by atoms with Crippen molar-refractivity contribution in [2.24, 2.45) is 11.1 Å².